The number of amides is 1. The lowest BCUT2D eigenvalue weighted by Crippen LogP contribution is -2.21. The van der Waals surface area contributed by atoms with Gasteiger partial charge in [-0.05, 0) is 37.1 Å². The van der Waals surface area contributed by atoms with Crippen molar-refractivity contribution in [3.63, 3.8) is 0 Å². The maximum atomic E-state index is 12.1. The van der Waals surface area contributed by atoms with Crippen molar-refractivity contribution < 1.29 is 14.3 Å². The summed E-state index contributed by atoms with van der Waals surface area (Å²) in [5, 5.41) is 9.82. The monoisotopic (exact) mass is 383 g/mol. The summed E-state index contributed by atoms with van der Waals surface area (Å²) in [6.45, 7) is 3.33. The number of nitrogens with zero attached hydrogens (tertiary/aromatic N) is 1. The number of aromatic amines is 1. The van der Waals surface area contributed by atoms with Crippen LogP contribution in [0.1, 0.15) is 21.6 Å². The number of aryl methyl sites for hydroxylation is 2. The predicted molar refractivity (Wildman–Crippen MR) is 104 cm³/mol. The maximum Gasteiger partial charge on any atom is 0.356 e. The molecule has 0 aliphatic carbocycles. The summed E-state index contributed by atoms with van der Waals surface area (Å²) in [6, 6.07) is 14.7. The molecule has 6 nitrogen and oxygen atoms in total. The Hall–Kier alpha value is -3.12. The van der Waals surface area contributed by atoms with Crippen LogP contribution in [-0.4, -0.2) is 28.7 Å². The molecule has 138 valence electrons. The summed E-state index contributed by atoms with van der Waals surface area (Å²) in [5.41, 5.74) is 4.00. The van der Waals surface area contributed by atoms with Gasteiger partial charge in [0.15, 0.2) is 6.61 Å². The first-order chi connectivity index (χ1) is 12.9. The zero-order valence-electron chi connectivity index (χ0n) is 14.9. The van der Waals surface area contributed by atoms with E-state index in [1.807, 2.05) is 50.2 Å². The first-order valence-corrected chi connectivity index (χ1v) is 8.66. The van der Waals surface area contributed by atoms with Crippen molar-refractivity contribution in [2.45, 2.75) is 13.8 Å². The van der Waals surface area contributed by atoms with Crippen molar-refractivity contribution >= 4 is 29.2 Å². The fraction of sp³-hybridized carbons (Fsp3) is 0.150. The molecule has 1 heterocycles. The second-order valence-corrected chi connectivity index (χ2v) is 6.50. The van der Waals surface area contributed by atoms with Crippen molar-refractivity contribution in [2.75, 3.05) is 11.9 Å². The lowest BCUT2D eigenvalue weighted by atomic mass is 10.1. The Morgan fingerprint density at radius 2 is 1.89 bits per heavy atom. The van der Waals surface area contributed by atoms with E-state index in [0.717, 1.165) is 16.7 Å². The number of anilines is 1. The van der Waals surface area contributed by atoms with E-state index in [4.69, 9.17) is 16.3 Å². The number of rotatable bonds is 5. The first-order valence-electron chi connectivity index (χ1n) is 8.28. The summed E-state index contributed by atoms with van der Waals surface area (Å²) in [7, 11) is 0. The Balaban J connectivity index is 1.60. The molecule has 0 spiro atoms. The third-order valence-corrected chi connectivity index (χ3v) is 4.20. The maximum absolute atomic E-state index is 12.1. The molecule has 0 atom stereocenters. The number of carbonyl (C=O) groups is 2. The van der Waals surface area contributed by atoms with E-state index in [2.05, 4.69) is 15.5 Å². The van der Waals surface area contributed by atoms with E-state index in [-0.39, 0.29) is 5.69 Å². The average molecular weight is 384 g/mol. The number of esters is 1. The Kier molecular flexibility index (Phi) is 5.57. The van der Waals surface area contributed by atoms with Crippen LogP contribution >= 0.6 is 11.6 Å². The number of H-pyrrole nitrogens is 1. The zero-order valence-corrected chi connectivity index (χ0v) is 15.6. The molecule has 2 aromatic carbocycles. The number of ether oxygens (including phenoxy) is 1. The van der Waals surface area contributed by atoms with Crippen LogP contribution in [0.5, 0.6) is 0 Å². The second kappa shape index (κ2) is 8.05. The van der Waals surface area contributed by atoms with E-state index < -0.39 is 18.5 Å². The highest BCUT2D eigenvalue weighted by Crippen LogP contribution is 2.27. The molecule has 0 unspecified atom stereocenters. The standard InChI is InChI=1S/C20H18ClN3O3/c1-12-8-13(2)19(15(21)9-12)22-18(25)11-27-20(26)17-10-16(23-24-17)14-6-4-3-5-7-14/h3-10H,11H2,1-2H3,(H,22,25)(H,23,24). The molecule has 2 N–H and O–H groups in total. The highest BCUT2D eigenvalue weighted by molar-refractivity contribution is 6.34. The Bertz CT molecular complexity index is 960. The number of nitrogens with one attached hydrogen (secondary N) is 2. The van der Waals surface area contributed by atoms with Crippen molar-refractivity contribution in [2.24, 2.45) is 0 Å². The minimum Gasteiger partial charge on any atom is -0.451 e. The molecule has 0 aliphatic rings. The number of hydrogen-bond donors (Lipinski definition) is 2. The summed E-state index contributed by atoms with van der Waals surface area (Å²) < 4.78 is 5.05. The van der Waals surface area contributed by atoms with E-state index in [1.165, 1.54) is 0 Å². The van der Waals surface area contributed by atoms with Gasteiger partial charge in [-0.1, -0.05) is 48.0 Å². The van der Waals surface area contributed by atoms with Gasteiger partial charge in [-0.2, -0.15) is 5.10 Å². The smallest absolute Gasteiger partial charge is 0.356 e. The molecule has 0 fully saturated rings. The fourth-order valence-electron chi connectivity index (χ4n) is 2.64. The van der Waals surface area contributed by atoms with E-state index in [0.29, 0.717) is 16.4 Å². The number of aromatic nitrogens is 2. The molecule has 27 heavy (non-hydrogen) atoms. The van der Waals surface area contributed by atoms with Crippen LogP contribution in [-0.2, 0) is 9.53 Å². The molecule has 0 saturated carbocycles. The lowest BCUT2D eigenvalue weighted by Gasteiger charge is -2.11. The van der Waals surface area contributed by atoms with Gasteiger partial charge in [0.05, 0.1) is 16.4 Å². The van der Waals surface area contributed by atoms with Crippen molar-refractivity contribution in [3.05, 3.63) is 70.4 Å². The molecule has 0 radical (unpaired) electrons. The van der Waals surface area contributed by atoms with Crippen LogP contribution in [0.3, 0.4) is 0 Å². The summed E-state index contributed by atoms with van der Waals surface area (Å²) in [6.07, 6.45) is 0. The van der Waals surface area contributed by atoms with Crippen molar-refractivity contribution in [1.82, 2.24) is 10.2 Å². The van der Waals surface area contributed by atoms with E-state index >= 15 is 0 Å². The minimum absolute atomic E-state index is 0.172. The van der Waals surface area contributed by atoms with Gasteiger partial charge in [0.25, 0.3) is 5.91 Å². The molecular formula is C20H18ClN3O3. The molecule has 1 amide bonds. The molecule has 1 aromatic heterocycles. The molecule has 3 aromatic rings. The molecular weight excluding hydrogens is 366 g/mol. The number of halogens is 1. The third kappa shape index (κ3) is 4.54. The Morgan fingerprint density at radius 3 is 2.59 bits per heavy atom. The SMILES string of the molecule is Cc1cc(C)c(NC(=O)COC(=O)c2cc(-c3ccccc3)n[nH]2)c(Cl)c1. The second-order valence-electron chi connectivity index (χ2n) is 6.10. The summed E-state index contributed by atoms with van der Waals surface area (Å²) >= 11 is 6.16. The van der Waals surface area contributed by atoms with Crippen LogP contribution in [0.4, 0.5) is 5.69 Å². The number of carbonyl (C=O) groups excluding carboxylic acids is 2. The first kappa shape index (κ1) is 18.7. The molecule has 3 rings (SSSR count). The van der Waals surface area contributed by atoms with Crippen LogP contribution in [0.2, 0.25) is 5.02 Å². The molecule has 7 heteroatoms. The number of benzene rings is 2. The average Bonchev–Trinajstić information content (AvgIpc) is 3.14. The predicted octanol–water partition coefficient (Wildman–Crippen LogP) is 4.14. The quantitative estimate of drug-likeness (QED) is 0.648. The van der Waals surface area contributed by atoms with Gasteiger partial charge in [-0.15, -0.1) is 0 Å². The van der Waals surface area contributed by atoms with Crippen molar-refractivity contribution in [3.8, 4) is 11.3 Å². The molecule has 0 aliphatic heterocycles. The normalized spacial score (nSPS) is 10.5. The van der Waals surface area contributed by atoms with Gasteiger partial charge in [0, 0.05) is 5.56 Å². The van der Waals surface area contributed by atoms with Gasteiger partial charge in [0.2, 0.25) is 0 Å². The van der Waals surface area contributed by atoms with Crippen LogP contribution in [0.25, 0.3) is 11.3 Å². The molecule has 0 bridgehead atoms. The van der Waals surface area contributed by atoms with Crippen LogP contribution < -0.4 is 5.32 Å². The Labute approximate surface area is 161 Å². The lowest BCUT2D eigenvalue weighted by molar-refractivity contribution is -0.119. The van der Waals surface area contributed by atoms with Gasteiger partial charge < -0.3 is 10.1 Å². The van der Waals surface area contributed by atoms with Crippen molar-refractivity contribution in [1.29, 1.82) is 0 Å². The van der Waals surface area contributed by atoms with E-state index in [1.54, 1.807) is 12.1 Å². The topological polar surface area (TPSA) is 84.1 Å². The zero-order chi connectivity index (χ0) is 19.4. The van der Waals surface area contributed by atoms with Gasteiger partial charge in [-0.25, -0.2) is 4.79 Å². The third-order valence-electron chi connectivity index (χ3n) is 3.90. The molecule has 0 saturated heterocycles. The highest BCUT2D eigenvalue weighted by Gasteiger charge is 2.15. The van der Waals surface area contributed by atoms with Gasteiger partial charge in [0.1, 0.15) is 5.69 Å². The number of hydrogen-bond acceptors (Lipinski definition) is 4. The Morgan fingerprint density at radius 1 is 1.15 bits per heavy atom. The summed E-state index contributed by atoms with van der Waals surface area (Å²) in [5.74, 6) is -1.13. The van der Waals surface area contributed by atoms with Gasteiger partial charge >= 0.3 is 5.97 Å². The fourth-order valence-corrected chi connectivity index (χ4v) is 3.01. The van der Waals surface area contributed by atoms with Gasteiger partial charge in [-0.3, -0.25) is 9.89 Å². The van der Waals surface area contributed by atoms with Crippen LogP contribution in [0.15, 0.2) is 48.5 Å². The largest absolute Gasteiger partial charge is 0.451 e. The highest BCUT2D eigenvalue weighted by atomic mass is 35.5. The minimum atomic E-state index is -0.661. The van der Waals surface area contributed by atoms with E-state index in [9.17, 15) is 9.59 Å². The summed E-state index contributed by atoms with van der Waals surface area (Å²) in [4.78, 5) is 24.2. The van der Waals surface area contributed by atoms with Crippen LogP contribution in [0, 0.1) is 13.8 Å².